The van der Waals surface area contributed by atoms with Crippen molar-refractivity contribution in [1.82, 2.24) is 15.6 Å². The molecule has 4 atom stereocenters. The molecule has 0 amide bonds. The Morgan fingerprint density at radius 3 is 2.59 bits per heavy atom. The summed E-state index contributed by atoms with van der Waals surface area (Å²) >= 11 is 0. The molecule has 7 nitrogen and oxygen atoms in total. The molecule has 3 heterocycles. The molecule has 1 aromatic heterocycles. The lowest BCUT2D eigenvalue weighted by atomic mass is 9.76. The van der Waals surface area contributed by atoms with Crippen LogP contribution in [0, 0.1) is 17.8 Å². The highest BCUT2D eigenvalue weighted by Gasteiger charge is 2.40. The predicted octanol–water partition coefficient (Wildman–Crippen LogP) is 5.13. The summed E-state index contributed by atoms with van der Waals surface area (Å²) in [6.07, 6.45) is 13.4. The lowest BCUT2D eigenvalue weighted by Crippen LogP contribution is -2.49. The number of fused-ring (bicyclic) bond motifs is 10. The highest BCUT2D eigenvalue weighted by Crippen LogP contribution is 2.36. The number of benzene rings is 1. The second-order valence-corrected chi connectivity index (χ2v) is 15.4. The van der Waals surface area contributed by atoms with Gasteiger partial charge in [-0.3, -0.25) is 0 Å². The first-order chi connectivity index (χ1) is 18.8. The summed E-state index contributed by atoms with van der Waals surface area (Å²) in [5, 5.41) is 13.0. The van der Waals surface area contributed by atoms with Crippen LogP contribution in [0.4, 0.5) is 11.5 Å². The molecule has 2 saturated heterocycles. The van der Waals surface area contributed by atoms with Gasteiger partial charge in [-0.15, -0.1) is 0 Å². The van der Waals surface area contributed by atoms with Crippen LogP contribution < -0.4 is 21.7 Å². The Kier molecular flexibility index (Phi) is 9.35. The third-order valence-corrected chi connectivity index (χ3v) is 12.6. The second kappa shape index (κ2) is 12.7. The smallest absolute Gasteiger partial charge is 0.155 e. The fourth-order valence-corrected chi connectivity index (χ4v) is 9.33. The van der Waals surface area contributed by atoms with E-state index in [2.05, 4.69) is 39.1 Å². The SMILES string of the molecule is CC(C)S(=O)(=O)C1CCC2CC1CNC[C@H](Nc1ccc3c(N)nccc3c1)C1CCC(CCCCN2)CC1. The first-order valence-corrected chi connectivity index (χ1v) is 17.0. The zero-order valence-corrected chi connectivity index (χ0v) is 24.7. The largest absolute Gasteiger partial charge is 0.383 e. The maximum absolute atomic E-state index is 13.3. The number of sulfone groups is 1. The van der Waals surface area contributed by atoms with Gasteiger partial charge in [0.05, 0.1) is 10.5 Å². The molecule has 4 bridgehead atoms. The molecule has 2 aliphatic carbocycles. The number of hydrogen-bond donors (Lipinski definition) is 4. The molecule has 5 N–H and O–H groups in total. The highest BCUT2D eigenvalue weighted by atomic mass is 32.2. The van der Waals surface area contributed by atoms with E-state index in [9.17, 15) is 8.42 Å². The summed E-state index contributed by atoms with van der Waals surface area (Å²) in [7, 11) is -3.13. The minimum absolute atomic E-state index is 0.143. The number of nitrogens with zero attached hydrogens (tertiary/aromatic N) is 1. The van der Waals surface area contributed by atoms with Gasteiger partial charge in [0.25, 0.3) is 0 Å². The van der Waals surface area contributed by atoms with Crippen molar-refractivity contribution < 1.29 is 8.42 Å². The Bertz CT molecular complexity index is 1190. The third kappa shape index (κ3) is 6.88. The van der Waals surface area contributed by atoms with Gasteiger partial charge in [0.1, 0.15) is 5.82 Å². The van der Waals surface area contributed by atoms with Crippen molar-refractivity contribution in [3.63, 3.8) is 0 Å². The molecule has 1 aromatic carbocycles. The summed E-state index contributed by atoms with van der Waals surface area (Å²) < 4.78 is 26.6. The van der Waals surface area contributed by atoms with Crippen molar-refractivity contribution in [3.8, 4) is 0 Å². The van der Waals surface area contributed by atoms with Gasteiger partial charge in [-0.2, -0.15) is 0 Å². The number of nitrogens with one attached hydrogen (secondary N) is 3. The van der Waals surface area contributed by atoms with Gasteiger partial charge >= 0.3 is 0 Å². The number of hydrogen-bond acceptors (Lipinski definition) is 7. The Hall–Kier alpha value is -1.90. The molecule has 0 spiro atoms. The van der Waals surface area contributed by atoms with E-state index >= 15 is 0 Å². The number of anilines is 2. The predicted molar refractivity (Wildman–Crippen MR) is 163 cm³/mol. The van der Waals surface area contributed by atoms with Crippen LogP contribution in [-0.2, 0) is 9.84 Å². The van der Waals surface area contributed by atoms with Crippen LogP contribution in [0.5, 0.6) is 0 Å². The standard InChI is InChI=1S/C31H49N5O2S/c1-21(2)39(37,38)30-13-11-26-18-25(30)19-33-20-29(23-8-6-22(7-9-23)5-3-4-15-34-26)36-27-10-12-28-24(17-27)14-16-35-31(28)32/h10,12,14,16-17,21-23,25-26,29-30,33-34,36H,3-9,11,13,15,18-20H2,1-2H3,(H2,32,35)/t22?,23?,25?,26?,29-,30?/m0/s1. The minimum atomic E-state index is -3.13. The van der Waals surface area contributed by atoms with E-state index in [1.54, 1.807) is 6.20 Å². The first-order valence-electron chi connectivity index (χ1n) is 15.4. The van der Waals surface area contributed by atoms with Gasteiger partial charge in [0.2, 0.25) is 0 Å². The minimum Gasteiger partial charge on any atom is -0.383 e. The average molecular weight is 556 g/mol. The van der Waals surface area contributed by atoms with Crippen molar-refractivity contribution >= 4 is 32.1 Å². The van der Waals surface area contributed by atoms with Crippen LogP contribution in [0.25, 0.3) is 10.8 Å². The summed E-state index contributed by atoms with van der Waals surface area (Å²) in [6, 6.07) is 9.11. The maximum Gasteiger partial charge on any atom is 0.155 e. The van der Waals surface area contributed by atoms with Gasteiger partial charge < -0.3 is 21.7 Å². The van der Waals surface area contributed by atoms with Crippen LogP contribution in [0.1, 0.15) is 78.1 Å². The molecule has 4 fully saturated rings. The number of pyridine rings is 1. The van der Waals surface area contributed by atoms with Crippen molar-refractivity contribution in [3.05, 3.63) is 30.5 Å². The molecule has 2 aliphatic heterocycles. The van der Waals surface area contributed by atoms with E-state index in [0.717, 1.165) is 61.3 Å². The quantitative estimate of drug-likeness (QED) is 0.414. The lowest BCUT2D eigenvalue weighted by molar-refractivity contribution is 0.225. The number of aromatic nitrogens is 1. The fourth-order valence-electron chi connectivity index (χ4n) is 7.43. The van der Waals surface area contributed by atoms with Gasteiger partial charge in [0.15, 0.2) is 9.84 Å². The summed E-state index contributed by atoms with van der Waals surface area (Å²) in [5.41, 5.74) is 7.20. The number of nitrogen functional groups attached to an aromatic ring is 1. The monoisotopic (exact) mass is 555 g/mol. The van der Waals surface area contributed by atoms with E-state index in [-0.39, 0.29) is 16.4 Å². The Balaban J connectivity index is 1.34. The van der Waals surface area contributed by atoms with E-state index in [4.69, 9.17) is 5.73 Å². The number of nitrogens with two attached hydrogens (primary N) is 1. The van der Waals surface area contributed by atoms with Gasteiger partial charge in [-0.05, 0) is 113 Å². The summed E-state index contributed by atoms with van der Waals surface area (Å²) in [4.78, 5) is 4.23. The zero-order chi connectivity index (χ0) is 27.4. The molecule has 8 heteroatoms. The van der Waals surface area contributed by atoms with Gasteiger partial charge in [-0.1, -0.05) is 25.7 Å². The Morgan fingerprint density at radius 2 is 1.79 bits per heavy atom. The Labute approximate surface area is 235 Å². The average Bonchev–Trinajstić information content (AvgIpc) is 2.92. The van der Waals surface area contributed by atoms with Crippen LogP contribution in [0.15, 0.2) is 30.5 Å². The molecule has 6 rings (SSSR count). The molecule has 4 aliphatic rings. The normalized spacial score (nSPS) is 31.4. The highest BCUT2D eigenvalue weighted by molar-refractivity contribution is 7.92. The van der Waals surface area contributed by atoms with Crippen molar-refractivity contribution in [2.24, 2.45) is 17.8 Å². The van der Waals surface area contributed by atoms with E-state index in [0.29, 0.717) is 23.8 Å². The lowest BCUT2D eigenvalue weighted by Gasteiger charge is -2.39. The van der Waals surface area contributed by atoms with Crippen LogP contribution in [0.3, 0.4) is 0 Å². The van der Waals surface area contributed by atoms with Gasteiger partial charge in [-0.25, -0.2) is 13.4 Å². The van der Waals surface area contributed by atoms with E-state index in [1.165, 1.54) is 44.9 Å². The van der Waals surface area contributed by atoms with Crippen LogP contribution in [-0.4, -0.2) is 55.6 Å². The van der Waals surface area contributed by atoms with Gasteiger partial charge in [0, 0.05) is 35.9 Å². The molecular weight excluding hydrogens is 506 g/mol. The van der Waals surface area contributed by atoms with E-state index < -0.39 is 9.84 Å². The van der Waals surface area contributed by atoms with Crippen LogP contribution in [0.2, 0.25) is 0 Å². The van der Waals surface area contributed by atoms with E-state index in [1.807, 2.05) is 19.9 Å². The first kappa shape index (κ1) is 28.6. The molecule has 2 aromatic rings. The van der Waals surface area contributed by atoms with Crippen molar-refractivity contribution in [1.29, 1.82) is 0 Å². The van der Waals surface area contributed by atoms with Crippen LogP contribution >= 0.6 is 0 Å². The number of rotatable bonds is 4. The molecule has 0 radical (unpaired) electrons. The molecule has 3 unspecified atom stereocenters. The summed E-state index contributed by atoms with van der Waals surface area (Å²) in [5.74, 6) is 2.18. The Morgan fingerprint density at radius 1 is 0.974 bits per heavy atom. The van der Waals surface area contributed by atoms with Crippen molar-refractivity contribution in [2.75, 3.05) is 30.7 Å². The zero-order valence-electron chi connectivity index (χ0n) is 23.9. The molecular formula is C31H49N5O2S. The third-order valence-electron chi connectivity index (χ3n) is 9.84. The molecule has 2 saturated carbocycles. The molecule has 216 valence electrons. The summed E-state index contributed by atoms with van der Waals surface area (Å²) in [6.45, 7) is 6.33. The van der Waals surface area contributed by atoms with Crippen molar-refractivity contribution in [2.45, 2.75) is 101 Å². The second-order valence-electron chi connectivity index (χ2n) is 12.7. The maximum atomic E-state index is 13.3. The molecule has 39 heavy (non-hydrogen) atoms. The fraction of sp³-hybridized carbons (Fsp3) is 0.710. The topological polar surface area (TPSA) is 109 Å².